The molecule has 2 aromatic carbocycles. The lowest BCUT2D eigenvalue weighted by atomic mass is 9.96. The largest absolute Gasteiger partial charge is 0.411 e. The lowest BCUT2D eigenvalue weighted by Gasteiger charge is -2.08. The van der Waals surface area contributed by atoms with Gasteiger partial charge in [-0.25, -0.2) is 0 Å². The summed E-state index contributed by atoms with van der Waals surface area (Å²) in [6, 6.07) is 7.13. The van der Waals surface area contributed by atoms with E-state index in [1.165, 1.54) is 0 Å². The molecule has 0 radical (unpaired) electrons. The summed E-state index contributed by atoms with van der Waals surface area (Å²) in [5, 5.41) is 24.9. The SMILES string of the molecule is CC(=NO)c1ccc2c3c(ccc([N+](=O)[O-])c13)CC2. The van der Waals surface area contributed by atoms with Crippen LogP contribution >= 0.6 is 0 Å². The van der Waals surface area contributed by atoms with Gasteiger partial charge in [-0.1, -0.05) is 23.4 Å². The highest BCUT2D eigenvalue weighted by Crippen LogP contribution is 2.38. The summed E-state index contributed by atoms with van der Waals surface area (Å²) in [4.78, 5) is 10.8. The number of nitro groups is 1. The highest BCUT2D eigenvalue weighted by molar-refractivity contribution is 6.14. The van der Waals surface area contributed by atoms with Crippen LogP contribution in [0.1, 0.15) is 23.6 Å². The normalized spacial score (nSPS) is 14.1. The molecule has 96 valence electrons. The maximum atomic E-state index is 11.2. The molecule has 1 N–H and O–H groups in total. The fourth-order valence-electron chi connectivity index (χ4n) is 2.82. The van der Waals surface area contributed by atoms with E-state index in [-0.39, 0.29) is 10.6 Å². The van der Waals surface area contributed by atoms with Gasteiger partial charge in [0.25, 0.3) is 5.69 Å². The van der Waals surface area contributed by atoms with Crippen LogP contribution in [0.25, 0.3) is 10.8 Å². The molecular formula is C14H12N2O3. The smallest absolute Gasteiger partial charge is 0.277 e. The second kappa shape index (κ2) is 4.05. The van der Waals surface area contributed by atoms with Crippen molar-refractivity contribution < 1.29 is 10.1 Å². The third-order valence-electron chi connectivity index (χ3n) is 3.71. The van der Waals surface area contributed by atoms with Crippen molar-refractivity contribution in [2.45, 2.75) is 19.8 Å². The first kappa shape index (κ1) is 11.6. The van der Waals surface area contributed by atoms with E-state index in [1.807, 2.05) is 12.1 Å². The number of rotatable bonds is 2. The van der Waals surface area contributed by atoms with E-state index in [4.69, 9.17) is 5.21 Å². The Kier molecular flexibility index (Phi) is 2.48. The van der Waals surface area contributed by atoms with E-state index in [0.29, 0.717) is 16.7 Å². The highest BCUT2D eigenvalue weighted by Gasteiger charge is 2.24. The Morgan fingerprint density at radius 1 is 1.21 bits per heavy atom. The van der Waals surface area contributed by atoms with Crippen LogP contribution < -0.4 is 0 Å². The van der Waals surface area contributed by atoms with Crippen LogP contribution in [0.4, 0.5) is 5.69 Å². The topological polar surface area (TPSA) is 75.7 Å². The summed E-state index contributed by atoms with van der Waals surface area (Å²) < 4.78 is 0. The Hall–Kier alpha value is -2.43. The lowest BCUT2D eigenvalue weighted by Crippen LogP contribution is -2.00. The Morgan fingerprint density at radius 3 is 2.42 bits per heavy atom. The van der Waals surface area contributed by atoms with Crippen molar-refractivity contribution in [3.63, 3.8) is 0 Å². The van der Waals surface area contributed by atoms with Crippen molar-refractivity contribution in [3.8, 4) is 0 Å². The molecule has 19 heavy (non-hydrogen) atoms. The summed E-state index contributed by atoms with van der Waals surface area (Å²) in [5.74, 6) is 0. The van der Waals surface area contributed by atoms with Gasteiger partial charge in [0, 0.05) is 11.6 Å². The Labute approximate surface area is 109 Å². The fourth-order valence-corrected chi connectivity index (χ4v) is 2.82. The van der Waals surface area contributed by atoms with Crippen LogP contribution in [0.15, 0.2) is 29.4 Å². The third-order valence-corrected chi connectivity index (χ3v) is 3.71. The quantitative estimate of drug-likeness (QED) is 0.388. The molecular weight excluding hydrogens is 244 g/mol. The van der Waals surface area contributed by atoms with E-state index in [0.717, 1.165) is 29.4 Å². The Morgan fingerprint density at radius 2 is 1.84 bits per heavy atom. The van der Waals surface area contributed by atoms with Gasteiger partial charge < -0.3 is 5.21 Å². The molecule has 0 heterocycles. The first-order valence-corrected chi connectivity index (χ1v) is 6.04. The Balaban J connectivity index is 2.50. The van der Waals surface area contributed by atoms with Crippen molar-refractivity contribution in [3.05, 3.63) is 51.1 Å². The highest BCUT2D eigenvalue weighted by atomic mass is 16.6. The van der Waals surface area contributed by atoms with Crippen molar-refractivity contribution in [1.82, 2.24) is 0 Å². The number of non-ortho nitro benzene ring substituents is 1. The summed E-state index contributed by atoms with van der Waals surface area (Å²) in [6.07, 6.45) is 1.81. The average Bonchev–Trinajstić information content (AvgIpc) is 2.83. The van der Waals surface area contributed by atoms with Crippen LogP contribution in [-0.4, -0.2) is 15.8 Å². The summed E-state index contributed by atoms with van der Waals surface area (Å²) in [6.45, 7) is 1.64. The van der Waals surface area contributed by atoms with E-state index >= 15 is 0 Å². The minimum atomic E-state index is -0.380. The second-order valence-electron chi connectivity index (χ2n) is 4.71. The number of nitrogens with zero attached hydrogens (tertiary/aromatic N) is 2. The number of benzene rings is 2. The standard InChI is InChI=1S/C14H12N2O3/c1-8(15-17)11-6-4-9-2-3-10-5-7-12(16(18)19)14(11)13(9)10/h4-7,17H,2-3H2,1H3. The van der Waals surface area contributed by atoms with Gasteiger partial charge in [0.15, 0.2) is 0 Å². The predicted octanol–water partition coefficient (Wildman–Crippen LogP) is 3.04. The zero-order chi connectivity index (χ0) is 13.6. The van der Waals surface area contributed by atoms with Gasteiger partial charge in [-0.15, -0.1) is 0 Å². The van der Waals surface area contributed by atoms with Crippen LogP contribution in [0.5, 0.6) is 0 Å². The summed E-state index contributed by atoms with van der Waals surface area (Å²) in [7, 11) is 0. The molecule has 0 atom stereocenters. The molecule has 0 fully saturated rings. The molecule has 1 aliphatic rings. The van der Waals surface area contributed by atoms with Gasteiger partial charge in [-0.05, 0) is 36.3 Å². The molecule has 5 heteroatoms. The molecule has 5 nitrogen and oxygen atoms in total. The summed E-state index contributed by atoms with van der Waals surface area (Å²) >= 11 is 0. The number of aryl methyl sites for hydroxylation is 2. The van der Waals surface area contributed by atoms with Gasteiger partial charge in [0.2, 0.25) is 0 Å². The first-order chi connectivity index (χ1) is 9.13. The zero-order valence-corrected chi connectivity index (χ0v) is 10.4. The molecule has 0 aromatic heterocycles. The van der Waals surface area contributed by atoms with Gasteiger partial charge in [-0.2, -0.15) is 0 Å². The van der Waals surface area contributed by atoms with Crippen LogP contribution in [0.3, 0.4) is 0 Å². The third kappa shape index (κ3) is 1.58. The number of nitro benzene ring substituents is 1. The van der Waals surface area contributed by atoms with E-state index in [2.05, 4.69) is 5.16 Å². The van der Waals surface area contributed by atoms with E-state index < -0.39 is 0 Å². The fraction of sp³-hybridized carbons (Fsp3) is 0.214. The maximum absolute atomic E-state index is 11.2. The molecule has 0 bridgehead atoms. The van der Waals surface area contributed by atoms with Crippen molar-refractivity contribution in [2.75, 3.05) is 0 Å². The second-order valence-corrected chi connectivity index (χ2v) is 4.71. The molecule has 0 unspecified atom stereocenters. The maximum Gasteiger partial charge on any atom is 0.277 e. The molecule has 2 aromatic rings. The van der Waals surface area contributed by atoms with Crippen molar-refractivity contribution in [1.29, 1.82) is 0 Å². The monoisotopic (exact) mass is 256 g/mol. The number of hydrogen-bond donors (Lipinski definition) is 1. The average molecular weight is 256 g/mol. The number of hydrogen-bond acceptors (Lipinski definition) is 4. The van der Waals surface area contributed by atoms with Crippen LogP contribution in [0, 0.1) is 10.1 Å². The molecule has 0 spiro atoms. The van der Waals surface area contributed by atoms with Crippen LogP contribution in [0.2, 0.25) is 0 Å². The number of oxime groups is 1. The first-order valence-electron chi connectivity index (χ1n) is 6.04. The van der Waals surface area contributed by atoms with Gasteiger partial charge in [0.05, 0.1) is 16.0 Å². The molecule has 0 aliphatic heterocycles. The zero-order valence-electron chi connectivity index (χ0n) is 10.4. The van der Waals surface area contributed by atoms with E-state index in [9.17, 15) is 10.1 Å². The minimum absolute atomic E-state index is 0.0699. The summed E-state index contributed by atoms with van der Waals surface area (Å²) in [5.41, 5.74) is 3.34. The van der Waals surface area contributed by atoms with Gasteiger partial charge >= 0.3 is 0 Å². The minimum Gasteiger partial charge on any atom is -0.411 e. The lowest BCUT2D eigenvalue weighted by molar-refractivity contribution is -0.383. The predicted molar refractivity (Wildman–Crippen MR) is 72.0 cm³/mol. The Bertz CT molecular complexity index is 725. The molecule has 0 amide bonds. The van der Waals surface area contributed by atoms with Gasteiger partial charge in [0.1, 0.15) is 0 Å². The molecule has 1 aliphatic carbocycles. The molecule has 0 saturated carbocycles. The molecule has 0 saturated heterocycles. The van der Waals surface area contributed by atoms with E-state index in [1.54, 1.807) is 19.1 Å². The van der Waals surface area contributed by atoms with Crippen molar-refractivity contribution >= 4 is 22.2 Å². The molecule has 3 rings (SSSR count). The van der Waals surface area contributed by atoms with Crippen molar-refractivity contribution in [2.24, 2.45) is 5.16 Å². The van der Waals surface area contributed by atoms with Crippen LogP contribution in [-0.2, 0) is 12.8 Å². The van der Waals surface area contributed by atoms with Gasteiger partial charge in [-0.3, -0.25) is 10.1 Å².